The van der Waals surface area contributed by atoms with Crippen LogP contribution in [0.3, 0.4) is 0 Å². The summed E-state index contributed by atoms with van der Waals surface area (Å²) in [5.41, 5.74) is 3.58. The lowest BCUT2D eigenvalue weighted by atomic mass is 10.2. The lowest BCUT2D eigenvalue weighted by molar-refractivity contribution is 0.102. The normalized spacial score (nSPS) is 10.4. The molecule has 0 radical (unpaired) electrons. The third-order valence-corrected chi connectivity index (χ3v) is 4.12. The van der Waals surface area contributed by atoms with Gasteiger partial charge < -0.3 is 15.0 Å². The number of hydrogen-bond donors (Lipinski definition) is 1. The number of aryl methyl sites for hydroxylation is 2. The highest BCUT2D eigenvalue weighted by molar-refractivity contribution is 6.04. The Kier molecular flexibility index (Phi) is 5.35. The Balaban J connectivity index is 1.90. The Bertz CT molecular complexity index is 958. The molecule has 3 rings (SSSR count). The van der Waals surface area contributed by atoms with Gasteiger partial charge in [0.15, 0.2) is 0 Å². The molecule has 6 nitrogen and oxygen atoms in total. The number of para-hydroxylation sites is 1. The quantitative estimate of drug-likeness (QED) is 0.739. The average Bonchev–Trinajstić information content (AvgIpc) is 2.67. The second-order valence-electron chi connectivity index (χ2n) is 6.25. The van der Waals surface area contributed by atoms with Gasteiger partial charge in [-0.1, -0.05) is 24.3 Å². The van der Waals surface area contributed by atoms with Crippen LogP contribution in [0.1, 0.15) is 21.7 Å². The largest absolute Gasteiger partial charge is 0.495 e. The van der Waals surface area contributed by atoms with E-state index < -0.39 is 0 Å². The predicted molar refractivity (Wildman–Crippen MR) is 107 cm³/mol. The van der Waals surface area contributed by atoms with Crippen molar-refractivity contribution in [1.82, 2.24) is 9.97 Å². The fourth-order valence-electron chi connectivity index (χ4n) is 2.69. The number of carbonyl (C=O) groups is 1. The van der Waals surface area contributed by atoms with Gasteiger partial charge in [0, 0.05) is 18.4 Å². The highest BCUT2D eigenvalue weighted by Gasteiger charge is 2.15. The summed E-state index contributed by atoms with van der Waals surface area (Å²) in [7, 11) is 3.44. The zero-order valence-corrected chi connectivity index (χ0v) is 15.9. The summed E-state index contributed by atoms with van der Waals surface area (Å²) in [5.74, 6) is 0.746. The van der Waals surface area contributed by atoms with Crippen LogP contribution in [0.15, 0.2) is 54.6 Å². The molecule has 6 heteroatoms. The molecule has 0 aliphatic carbocycles. The second-order valence-corrected chi connectivity index (χ2v) is 6.25. The van der Waals surface area contributed by atoms with E-state index in [1.54, 1.807) is 13.2 Å². The van der Waals surface area contributed by atoms with Crippen molar-refractivity contribution in [3.8, 4) is 5.75 Å². The molecule has 0 bridgehead atoms. The van der Waals surface area contributed by atoms with Crippen molar-refractivity contribution in [2.24, 2.45) is 0 Å². The van der Waals surface area contributed by atoms with Crippen LogP contribution >= 0.6 is 0 Å². The van der Waals surface area contributed by atoms with Crippen molar-refractivity contribution in [1.29, 1.82) is 0 Å². The molecule has 27 heavy (non-hydrogen) atoms. The van der Waals surface area contributed by atoms with Gasteiger partial charge in [-0.15, -0.1) is 0 Å². The molecular formula is C21H22N4O2. The van der Waals surface area contributed by atoms with Gasteiger partial charge in [0.1, 0.15) is 11.4 Å². The van der Waals surface area contributed by atoms with Crippen LogP contribution < -0.4 is 15.0 Å². The Morgan fingerprint density at radius 2 is 1.78 bits per heavy atom. The number of aromatic nitrogens is 2. The maximum absolute atomic E-state index is 12.8. The number of nitrogens with zero attached hydrogens (tertiary/aromatic N) is 3. The van der Waals surface area contributed by atoms with E-state index in [1.165, 1.54) is 0 Å². The first-order chi connectivity index (χ1) is 13.0. The fraction of sp³-hybridized carbons (Fsp3) is 0.190. The van der Waals surface area contributed by atoms with Crippen LogP contribution in [0, 0.1) is 13.8 Å². The Morgan fingerprint density at radius 1 is 1.04 bits per heavy atom. The van der Waals surface area contributed by atoms with Gasteiger partial charge in [-0.2, -0.15) is 0 Å². The summed E-state index contributed by atoms with van der Waals surface area (Å²) in [6, 6.07) is 17.0. The first-order valence-corrected chi connectivity index (χ1v) is 8.58. The number of ether oxygens (including phenoxy) is 1. The molecule has 0 atom stereocenters. The standard InChI is InChI=1S/C21H22N4O2/c1-14-10-11-19(27-4)17(12-14)23-20(26)18-13-15(2)22-21(24-18)25(3)16-8-6-5-7-9-16/h5-13H,1-4H3,(H,23,26). The molecule has 1 N–H and O–H groups in total. The molecule has 0 saturated carbocycles. The number of carbonyl (C=O) groups excluding carboxylic acids is 1. The van der Waals surface area contributed by atoms with E-state index in [0.717, 1.165) is 11.3 Å². The van der Waals surface area contributed by atoms with Crippen molar-refractivity contribution in [3.63, 3.8) is 0 Å². The summed E-state index contributed by atoms with van der Waals surface area (Å²) in [5, 5.41) is 2.88. The minimum absolute atomic E-state index is 0.295. The average molecular weight is 362 g/mol. The summed E-state index contributed by atoms with van der Waals surface area (Å²) in [4.78, 5) is 23.5. The van der Waals surface area contributed by atoms with Crippen molar-refractivity contribution in [2.75, 3.05) is 24.4 Å². The molecule has 1 amide bonds. The molecule has 1 heterocycles. The fourth-order valence-corrected chi connectivity index (χ4v) is 2.69. The highest BCUT2D eigenvalue weighted by atomic mass is 16.5. The molecule has 0 unspecified atom stereocenters. The van der Waals surface area contributed by atoms with Gasteiger partial charge in [0.2, 0.25) is 5.95 Å². The number of anilines is 3. The van der Waals surface area contributed by atoms with E-state index in [2.05, 4.69) is 15.3 Å². The Hall–Kier alpha value is -3.41. The van der Waals surface area contributed by atoms with Crippen molar-refractivity contribution < 1.29 is 9.53 Å². The van der Waals surface area contributed by atoms with Gasteiger partial charge in [-0.3, -0.25) is 4.79 Å². The monoisotopic (exact) mass is 362 g/mol. The van der Waals surface area contributed by atoms with E-state index >= 15 is 0 Å². The Labute approximate surface area is 158 Å². The SMILES string of the molecule is COc1ccc(C)cc1NC(=O)c1cc(C)nc(N(C)c2ccccc2)n1. The summed E-state index contributed by atoms with van der Waals surface area (Å²) < 4.78 is 5.32. The van der Waals surface area contributed by atoms with E-state index in [-0.39, 0.29) is 5.91 Å². The topological polar surface area (TPSA) is 67.3 Å². The number of hydrogen-bond acceptors (Lipinski definition) is 5. The third kappa shape index (κ3) is 4.23. The predicted octanol–water partition coefficient (Wildman–Crippen LogP) is 4.12. The minimum Gasteiger partial charge on any atom is -0.495 e. The maximum Gasteiger partial charge on any atom is 0.274 e. The third-order valence-electron chi connectivity index (χ3n) is 4.12. The number of methoxy groups -OCH3 is 1. The number of benzene rings is 2. The molecule has 0 aliphatic rings. The van der Waals surface area contributed by atoms with Crippen molar-refractivity contribution >= 4 is 23.2 Å². The number of nitrogens with one attached hydrogen (secondary N) is 1. The molecular weight excluding hydrogens is 340 g/mol. The van der Waals surface area contributed by atoms with Crippen LogP contribution in [0.5, 0.6) is 5.75 Å². The zero-order valence-electron chi connectivity index (χ0n) is 15.9. The Morgan fingerprint density at radius 3 is 2.48 bits per heavy atom. The van der Waals surface area contributed by atoms with Crippen LogP contribution in [-0.2, 0) is 0 Å². The zero-order chi connectivity index (χ0) is 19.4. The van der Waals surface area contributed by atoms with E-state index in [1.807, 2.05) is 74.3 Å². The second kappa shape index (κ2) is 7.86. The van der Waals surface area contributed by atoms with E-state index in [4.69, 9.17) is 4.74 Å². The van der Waals surface area contributed by atoms with Gasteiger partial charge in [0.05, 0.1) is 12.8 Å². The molecule has 2 aromatic carbocycles. The summed E-state index contributed by atoms with van der Waals surface area (Å²) >= 11 is 0. The van der Waals surface area contributed by atoms with E-state index in [9.17, 15) is 4.79 Å². The van der Waals surface area contributed by atoms with Gasteiger partial charge in [0.25, 0.3) is 5.91 Å². The van der Waals surface area contributed by atoms with Gasteiger partial charge in [-0.05, 0) is 49.7 Å². The van der Waals surface area contributed by atoms with Crippen molar-refractivity contribution in [3.05, 3.63) is 71.5 Å². The smallest absolute Gasteiger partial charge is 0.274 e. The van der Waals surface area contributed by atoms with Crippen LogP contribution in [0.2, 0.25) is 0 Å². The van der Waals surface area contributed by atoms with E-state index in [0.29, 0.717) is 28.8 Å². The lowest BCUT2D eigenvalue weighted by Crippen LogP contribution is -2.19. The van der Waals surface area contributed by atoms with Crippen LogP contribution in [0.25, 0.3) is 0 Å². The molecule has 0 saturated heterocycles. The molecule has 3 aromatic rings. The minimum atomic E-state index is -0.313. The number of rotatable bonds is 5. The molecule has 0 aliphatic heterocycles. The van der Waals surface area contributed by atoms with Gasteiger partial charge in [-0.25, -0.2) is 9.97 Å². The number of amides is 1. The summed E-state index contributed by atoms with van der Waals surface area (Å²) in [6.45, 7) is 3.80. The van der Waals surface area contributed by atoms with Crippen LogP contribution in [-0.4, -0.2) is 30.0 Å². The first kappa shape index (κ1) is 18.4. The van der Waals surface area contributed by atoms with Crippen molar-refractivity contribution in [2.45, 2.75) is 13.8 Å². The molecule has 138 valence electrons. The lowest BCUT2D eigenvalue weighted by Gasteiger charge is -2.18. The maximum atomic E-state index is 12.8. The van der Waals surface area contributed by atoms with Gasteiger partial charge >= 0.3 is 0 Å². The first-order valence-electron chi connectivity index (χ1n) is 8.58. The summed E-state index contributed by atoms with van der Waals surface area (Å²) in [6.07, 6.45) is 0. The highest BCUT2D eigenvalue weighted by Crippen LogP contribution is 2.26. The molecule has 0 spiro atoms. The molecule has 0 fully saturated rings. The van der Waals surface area contributed by atoms with Crippen LogP contribution in [0.4, 0.5) is 17.3 Å². The molecule has 1 aromatic heterocycles.